The monoisotopic (exact) mass is 234 g/mol. The van der Waals surface area contributed by atoms with Gasteiger partial charge in [-0.25, -0.2) is 9.59 Å². The van der Waals surface area contributed by atoms with Crippen LogP contribution in [0.5, 0.6) is 0 Å². The van der Waals surface area contributed by atoms with Crippen LogP contribution < -0.4 is 10.6 Å². The first-order valence-electron chi connectivity index (χ1n) is 5.09. The number of urea groups is 1. The number of nitrogens with one attached hydrogen (secondary N) is 2. The number of para-hydroxylation sites is 1. The predicted molar refractivity (Wildman–Crippen MR) is 64.8 cm³/mol. The van der Waals surface area contributed by atoms with Crippen LogP contribution in [0.25, 0.3) is 0 Å². The quantitative estimate of drug-likeness (QED) is 0.680. The van der Waals surface area contributed by atoms with Crippen molar-refractivity contribution in [3.05, 3.63) is 43.0 Å². The Balaban J connectivity index is 2.53. The molecule has 5 nitrogen and oxygen atoms in total. The van der Waals surface area contributed by atoms with Gasteiger partial charge in [-0.05, 0) is 18.6 Å². The molecule has 1 rings (SSSR count). The lowest BCUT2D eigenvalue weighted by molar-refractivity contribution is -0.139. The number of hydrogen-bond acceptors (Lipinski definition) is 2. The van der Waals surface area contributed by atoms with Crippen LogP contribution in [0.2, 0.25) is 0 Å². The molecule has 0 bridgehead atoms. The van der Waals surface area contributed by atoms with Gasteiger partial charge in [-0.15, -0.1) is 6.58 Å². The summed E-state index contributed by atoms with van der Waals surface area (Å²) in [6, 6.07) is 7.27. The molecule has 1 aromatic carbocycles. The Kier molecular flexibility index (Phi) is 4.75. The Labute approximate surface area is 99.1 Å². The molecule has 0 heterocycles. The molecule has 1 atom stereocenters. The maximum Gasteiger partial charge on any atom is 0.326 e. The van der Waals surface area contributed by atoms with E-state index >= 15 is 0 Å². The Morgan fingerprint density at radius 3 is 2.53 bits per heavy atom. The molecule has 3 N–H and O–H groups in total. The smallest absolute Gasteiger partial charge is 0.326 e. The van der Waals surface area contributed by atoms with Crippen LogP contribution >= 0.6 is 0 Å². The Hall–Kier alpha value is -2.30. The topological polar surface area (TPSA) is 78.4 Å². The van der Waals surface area contributed by atoms with Crippen molar-refractivity contribution in [1.29, 1.82) is 0 Å². The Morgan fingerprint density at radius 1 is 1.35 bits per heavy atom. The normalized spacial score (nSPS) is 11.3. The summed E-state index contributed by atoms with van der Waals surface area (Å²) in [6.45, 7) is 3.44. The highest BCUT2D eigenvalue weighted by Crippen LogP contribution is 2.04. The summed E-state index contributed by atoms with van der Waals surface area (Å²) in [5.74, 6) is -1.09. The van der Waals surface area contributed by atoms with Crippen LogP contribution in [0.3, 0.4) is 0 Å². The van der Waals surface area contributed by atoms with E-state index in [1.54, 1.807) is 24.3 Å². The minimum absolute atomic E-state index is 0.178. The third-order valence-electron chi connectivity index (χ3n) is 2.04. The number of amides is 2. The summed E-state index contributed by atoms with van der Waals surface area (Å²) >= 11 is 0. The third-order valence-corrected chi connectivity index (χ3v) is 2.04. The fourth-order valence-corrected chi connectivity index (χ4v) is 1.24. The van der Waals surface area contributed by atoms with Crippen molar-refractivity contribution in [2.75, 3.05) is 5.32 Å². The lowest BCUT2D eigenvalue weighted by Crippen LogP contribution is -2.42. The number of benzene rings is 1. The number of rotatable bonds is 5. The van der Waals surface area contributed by atoms with E-state index in [9.17, 15) is 9.59 Å². The number of hydrogen-bond donors (Lipinski definition) is 3. The number of aliphatic carboxylic acids is 1. The molecule has 0 aliphatic heterocycles. The number of carboxylic acid groups (broad SMARTS) is 1. The molecule has 17 heavy (non-hydrogen) atoms. The zero-order chi connectivity index (χ0) is 12.7. The van der Waals surface area contributed by atoms with Gasteiger partial charge in [0.05, 0.1) is 0 Å². The maximum absolute atomic E-state index is 11.5. The zero-order valence-electron chi connectivity index (χ0n) is 9.22. The van der Waals surface area contributed by atoms with E-state index in [-0.39, 0.29) is 6.42 Å². The molecule has 0 unspecified atom stereocenters. The second-order valence-electron chi connectivity index (χ2n) is 3.38. The molecule has 0 radical (unpaired) electrons. The van der Waals surface area contributed by atoms with Gasteiger partial charge in [0, 0.05) is 5.69 Å². The second-order valence-corrected chi connectivity index (χ2v) is 3.38. The van der Waals surface area contributed by atoms with E-state index in [4.69, 9.17) is 5.11 Å². The number of carboxylic acids is 1. The molecule has 1 aromatic rings. The predicted octanol–water partition coefficient (Wildman–Crippen LogP) is 1.84. The molecule has 0 spiro atoms. The summed E-state index contributed by atoms with van der Waals surface area (Å²) in [5, 5.41) is 13.7. The lowest BCUT2D eigenvalue weighted by atomic mass is 10.2. The molecule has 0 saturated carbocycles. The summed E-state index contributed by atoms with van der Waals surface area (Å²) in [5.41, 5.74) is 0.604. The number of anilines is 1. The van der Waals surface area contributed by atoms with Crippen molar-refractivity contribution in [1.82, 2.24) is 5.32 Å². The summed E-state index contributed by atoms with van der Waals surface area (Å²) in [4.78, 5) is 22.3. The molecule has 0 aromatic heterocycles. The van der Waals surface area contributed by atoms with E-state index in [0.29, 0.717) is 5.69 Å². The van der Waals surface area contributed by atoms with Crippen molar-refractivity contribution in [2.24, 2.45) is 0 Å². The first kappa shape index (κ1) is 12.8. The first-order valence-corrected chi connectivity index (χ1v) is 5.09. The lowest BCUT2D eigenvalue weighted by Gasteiger charge is -2.13. The maximum atomic E-state index is 11.5. The molecular weight excluding hydrogens is 220 g/mol. The van der Waals surface area contributed by atoms with Crippen molar-refractivity contribution < 1.29 is 14.7 Å². The van der Waals surface area contributed by atoms with Crippen LogP contribution in [-0.4, -0.2) is 23.1 Å². The highest BCUT2D eigenvalue weighted by atomic mass is 16.4. The van der Waals surface area contributed by atoms with E-state index in [0.717, 1.165) is 0 Å². The average Bonchev–Trinajstić information content (AvgIpc) is 2.29. The van der Waals surface area contributed by atoms with E-state index in [1.807, 2.05) is 6.07 Å². The van der Waals surface area contributed by atoms with Crippen LogP contribution in [0, 0.1) is 0 Å². The van der Waals surface area contributed by atoms with Gasteiger partial charge in [-0.3, -0.25) is 0 Å². The second kappa shape index (κ2) is 6.32. The van der Waals surface area contributed by atoms with Gasteiger partial charge in [-0.1, -0.05) is 24.3 Å². The van der Waals surface area contributed by atoms with Gasteiger partial charge in [0.25, 0.3) is 0 Å². The van der Waals surface area contributed by atoms with Crippen molar-refractivity contribution in [3.63, 3.8) is 0 Å². The largest absolute Gasteiger partial charge is 0.480 e. The van der Waals surface area contributed by atoms with Gasteiger partial charge >= 0.3 is 12.0 Å². The summed E-state index contributed by atoms with van der Waals surface area (Å²) in [6.07, 6.45) is 1.62. The number of carbonyl (C=O) groups excluding carboxylic acids is 1. The van der Waals surface area contributed by atoms with E-state index in [1.165, 1.54) is 6.08 Å². The molecule has 2 amide bonds. The minimum Gasteiger partial charge on any atom is -0.480 e. The van der Waals surface area contributed by atoms with Gasteiger partial charge in [0.2, 0.25) is 0 Å². The van der Waals surface area contributed by atoms with E-state index < -0.39 is 18.0 Å². The molecule has 90 valence electrons. The minimum atomic E-state index is -1.09. The molecule has 0 aliphatic carbocycles. The van der Waals surface area contributed by atoms with Crippen LogP contribution in [-0.2, 0) is 4.79 Å². The Morgan fingerprint density at radius 2 is 2.00 bits per heavy atom. The van der Waals surface area contributed by atoms with Crippen LogP contribution in [0.1, 0.15) is 6.42 Å². The third kappa shape index (κ3) is 4.38. The van der Waals surface area contributed by atoms with Crippen LogP contribution in [0.15, 0.2) is 43.0 Å². The number of carbonyl (C=O) groups is 2. The first-order chi connectivity index (χ1) is 8.13. The fraction of sp³-hybridized carbons (Fsp3) is 0.167. The Bertz CT molecular complexity index is 403. The summed E-state index contributed by atoms with van der Waals surface area (Å²) in [7, 11) is 0. The van der Waals surface area contributed by atoms with Gasteiger partial charge in [-0.2, -0.15) is 0 Å². The zero-order valence-corrected chi connectivity index (χ0v) is 9.22. The molecule has 0 aliphatic rings. The van der Waals surface area contributed by atoms with Crippen molar-refractivity contribution in [3.8, 4) is 0 Å². The molecule has 0 saturated heterocycles. The van der Waals surface area contributed by atoms with Crippen molar-refractivity contribution >= 4 is 17.7 Å². The van der Waals surface area contributed by atoms with Crippen molar-refractivity contribution in [2.45, 2.75) is 12.5 Å². The highest BCUT2D eigenvalue weighted by Gasteiger charge is 2.17. The van der Waals surface area contributed by atoms with Gasteiger partial charge < -0.3 is 15.7 Å². The van der Waals surface area contributed by atoms with E-state index in [2.05, 4.69) is 17.2 Å². The SMILES string of the molecule is C=CC[C@H](NC(=O)Nc1ccccc1)C(=O)O. The molecule has 5 heteroatoms. The van der Waals surface area contributed by atoms with Gasteiger partial charge in [0.15, 0.2) is 0 Å². The average molecular weight is 234 g/mol. The fourth-order valence-electron chi connectivity index (χ4n) is 1.24. The van der Waals surface area contributed by atoms with Crippen LogP contribution in [0.4, 0.5) is 10.5 Å². The molecular formula is C12H14N2O3. The molecule has 0 fully saturated rings. The standard InChI is InChI=1S/C12H14N2O3/c1-2-6-10(11(15)16)14-12(17)13-9-7-4-3-5-8-9/h2-5,7-8,10H,1,6H2,(H,15,16)(H2,13,14,17)/t10-/m0/s1. The summed E-state index contributed by atoms with van der Waals surface area (Å²) < 4.78 is 0. The van der Waals surface area contributed by atoms with Gasteiger partial charge in [0.1, 0.15) is 6.04 Å². The highest BCUT2D eigenvalue weighted by molar-refractivity contribution is 5.92.